The quantitative estimate of drug-likeness (QED) is 0.718. The Morgan fingerprint density at radius 3 is 2.29 bits per heavy atom. The van der Waals surface area contributed by atoms with Gasteiger partial charge < -0.3 is 9.80 Å². The Bertz CT molecular complexity index is 885. The van der Waals surface area contributed by atoms with Crippen LogP contribution in [-0.4, -0.2) is 46.4 Å². The van der Waals surface area contributed by atoms with E-state index in [0.29, 0.717) is 0 Å². The van der Waals surface area contributed by atoms with Crippen LogP contribution in [0, 0.1) is 0 Å². The van der Waals surface area contributed by atoms with Crippen LogP contribution in [0.3, 0.4) is 0 Å². The smallest absolute Gasteiger partial charge is 0.214 e. The first-order chi connectivity index (χ1) is 13.6. The fourth-order valence-corrected chi connectivity index (χ4v) is 4.09. The normalized spacial score (nSPS) is 16.5. The third-order valence-corrected chi connectivity index (χ3v) is 5.66. The number of tetrazole rings is 1. The molecular weight excluding hydrogens is 372 g/mol. The number of piperazine rings is 1. The number of rotatable bonds is 5. The number of halogens is 1. The van der Waals surface area contributed by atoms with Crippen molar-refractivity contribution in [2.75, 3.05) is 31.1 Å². The molecule has 0 spiro atoms. The fraction of sp³-hybridized carbons (Fsp3) is 0.381. The first kappa shape index (κ1) is 18.9. The maximum Gasteiger partial charge on any atom is 0.214 e. The summed E-state index contributed by atoms with van der Waals surface area (Å²) in [5, 5.41) is 13.4. The van der Waals surface area contributed by atoms with Gasteiger partial charge in [0, 0.05) is 16.3 Å². The van der Waals surface area contributed by atoms with Gasteiger partial charge in [-0.2, -0.15) is 0 Å². The molecule has 0 unspecified atom stereocenters. The van der Waals surface area contributed by atoms with Crippen LogP contribution >= 0.6 is 11.6 Å². The van der Waals surface area contributed by atoms with Gasteiger partial charge in [0.1, 0.15) is 0 Å². The van der Waals surface area contributed by atoms with Gasteiger partial charge in [-0.1, -0.05) is 41.9 Å². The van der Waals surface area contributed by atoms with Crippen LogP contribution in [0.4, 0.5) is 5.69 Å². The zero-order valence-corrected chi connectivity index (χ0v) is 17.0. The Morgan fingerprint density at radius 2 is 1.64 bits per heavy atom. The van der Waals surface area contributed by atoms with Gasteiger partial charge in [-0.25, -0.2) is 4.68 Å². The van der Waals surface area contributed by atoms with Gasteiger partial charge in [0.2, 0.25) is 5.82 Å². The van der Waals surface area contributed by atoms with E-state index in [4.69, 9.17) is 11.6 Å². The van der Waals surface area contributed by atoms with Crippen LogP contribution in [0.25, 0.3) is 0 Å². The van der Waals surface area contributed by atoms with Gasteiger partial charge in [-0.3, -0.25) is 0 Å². The molecule has 6 nitrogen and oxygen atoms in total. The molecule has 1 N–H and O–H groups in total. The lowest BCUT2D eigenvalue weighted by Crippen LogP contribution is -3.15. The minimum Gasteiger partial charge on any atom is -0.360 e. The monoisotopic (exact) mass is 397 g/mol. The molecule has 28 heavy (non-hydrogen) atoms. The standard InChI is InChI=1S/C21H25ClN6/c1-16(2)28-21(23-24-25-28)20(17-8-10-18(22)11-9-17)27-14-12-26(13-15-27)19-6-4-3-5-7-19/h3-11,16,20H,12-15H2,1-2H3/p+1/t20-/m0/s1. The molecular formula is C21H26ClN6+. The lowest BCUT2D eigenvalue weighted by molar-refractivity contribution is -0.927. The molecule has 7 heteroatoms. The maximum atomic E-state index is 6.14. The van der Waals surface area contributed by atoms with Gasteiger partial charge in [-0.15, -0.1) is 5.10 Å². The summed E-state index contributed by atoms with van der Waals surface area (Å²) in [6, 6.07) is 19.0. The molecule has 0 bridgehead atoms. The van der Waals surface area contributed by atoms with Crippen molar-refractivity contribution in [2.45, 2.75) is 25.9 Å². The lowest BCUT2D eigenvalue weighted by atomic mass is 10.0. The summed E-state index contributed by atoms with van der Waals surface area (Å²) in [4.78, 5) is 3.93. The maximum absolute atomic E-state index is 6.14. The van der Waals surface area contributed by atoms with Crippen molar-refractivity contribution in [1.82, 2.24) is 20.2 Å². The van der Waals surface area contributed by atoms with E-state index in [-0.39, 0.29) is 12.1 Å². The van der Waals surface area contributed by atoms with Crippen molar-refractivity contribution in [3.8, 4) is 0 Å². The number of quaternary nitrogens is 1. The molecule has 146 valence electrons. The lowest BCUT2D eigenvalue weighted by Gasteiger charge is -2.37. The highest BCUT2D eigenvalue weighted by Crippen LogP contribution is 2.22. The summed E-state index contributed by atoms with van der Waals surface area (Å²) in [7, 11) is 0. The third kappa shape index (κ3) is 3.88. The van der Waals surface area contributed by atoms with E-state index < -0.39 is 0 Å². The number of nitrogens with zero attached hydrogens (tertiary/aromatic N) is 5. The molecule has 1 saturated heterocycles. The number of benzene rings is 2. The molecule has 1 aliphatic rings. The van der Waals surface area contributed by atoms with E-state index in [1.165, 1.54) is 16.2 Å². The van der Waals surface area contributed by atoms with Crippen LogP contribution in [-0.2, 0) is 0 Å². The van der Waals surface area contributed by atoms with Crippen LogP contribution < -0.4 is 9.80 Å². The zero-order valence-electron chi connectivity index (χ0n) is 16.3. The summed E-state index contributed by atoms with van der Waals surface area (Å²) >= 11 is 6.14. The molecule has 4 rings (SSSR count). The molecule has 3 aromatic rings. The second-order valence-electron chi connectivity index (χ2n) is 7.54. The summed E-state index contributed by atoms with van der Waals surface area (Å²) in [5.41, 5.74) is 2.49. The highest BCUT2D eigenvalue weighted by Gasteiger charge is 2.34. The van der Waals surface area contributed by atoms with E-state index in [9.17, 15) is 0 Å². The van der Waals surface area contributed by atoms with Gasteiger partial charge in [-0.05, 0) is 48.5 Å². The topological polar surface area (TPSA) is 51.3 Å². The van der Waals surface area contributed by atoms with Crippen LogP contribution in [0.2, 0.25) is 5.02 Å². The van der Waals surface area contributed by atoms with E-state index >= 15 is 0 Å². The Kier molecular flexibility index (Phi) is 5.59. The minimum atomic E-state index is 0.0904. The number of hydrogen-bond donors (Lipinski definition) is 1. The number of nitrogens with one attached hydrogen (secondary N) is 1. The summed E-state index contributed by atoms with van der Waals surface area (Å²) in [5.74, 6) is 0.917. The summed E-state index contributed by atoms with van der Waals surface area (Å²) in [6.07, 6.45) is 0. The van der Waals surface area contributed by atoms with E-state index in [1.807, 2.05) is 16.8 Å². The molecule has 0 radical (unpaired) electrons. The summed E-state index contributed by atoms with van der Waals surface area (Å²) < 4.78 is 1.94. The summed E-state index contributed by atoms with van der Waals surface area (Å²) in [6.45, 7) is 8.28. The highest BCUT2D eigenvalue weighted by atomic mass is 35.5. The molecule has 0 saturated carbocycles. The van der Waals surface area contributed by atoms with Gasteiger partial charge in [0.25, 0.3) is 0 Å². The second kappa shape index (κ2) is 8.29. The van der Waals surface area contributed by atoms with Crippen molar-refractivity contribution in [3.05, 3.63) is 71.0 Å². The molecule has 2 heterocycles. The molecule has 1 fully saturated rings. The predicted molar refractivity (Wildman–Crippen MR) is 111 cm³/mol. The number of aromatic nitrogens is 4. The average molecular weight is 398 g/mol. The number of para-hydroxylation sites is 1. The van der Waals surface area contributed by atoms with Crippen LogP contribution in [0.5, 0.6) is 0 Å². The molecule has 1 aliphatic heterocycles. The highest BCUT2D eigenvalue weighted by molar-refractivity contribution is 6.30. The fourth-order valence-electron chi connectivity index (χ4n) is 3.96. The van der Waals surface area contributed by atoms with Crippen molar-refractivity contribution in [2.24, 2.45) is 0 Å². The largest absolute Gasteiger partial charge is 0.360 e. The van der Waals surface area contributed by atoms with Crippen LogP contribution in [0.15, 0.2) is 54.6 Å². The molecule has 1 atom stereocenters. The van der Waals surface area contributed by atoms with Crippen molar-refractivity contribution in [3.63, 3.8) is 0 Å². The second-order valence-corrected chi connectivity index (χ2v) is 7.98. The SMILES string of the molecule is CC(C)n1nnnc1[C@H](c1ccc(Cl)cc1)[NH+]1CCN(c2ccccc2)CC1. The average Bonchev–Trinajstić information content (AvgIpc) is 3.21. The molecule has 2 aromatic carbocycles. The Morgan fingerprint density at radius 1 is 0.964 bits per heavy atom. The minimum absolute atomic E-state index is 0.0904. The van der Waals surface area contributed by atoms with Crippen molar-refractivity contribution in [1.29, 1.82) is 0 Å². The molecule has 0 amide bonds. The Balaban J connectivity index is 1.61. The van der Waals surface area contributed by atoms with Gasteiger partial charge in [0.05, 0.1) is 32.2 Å². The van der Waals surface area contributed by atoms with E-state index in [1.54, 1.807) is 0 Å². The Hall–Kier alpha value is -2.44. The Labute approximate surface area is 170 Å². The van der Waals surface area contributed by atoms with Crippen LogP contribution in [0.1, 0.15) is 37.3 Å². The molecule has 0 aliphatic carbocycles. The zero-order chi connectivity index (χ0) is 19.5. The van der Waals surface area contributed by atoms with E-state index in [0.717, 1.165) is 37.0 Å². The van der Waals surface area contributed by atoms with E-state index in [2.05, 4.69) is 76.7 Å². The van der Waals surface area contributed by atoms with Gasteiger partial charge in [0.15, 0.2) is 6.04 Å². The first-order valence-electron chi connectivity index (χ1n) is 9.81. The number of anilines is 1. The third-order valence-electron chi connectivity index (χ3n) is 5.40. The van der Waals surface area contributed by atoms with Crippen molar-refractivity contribution < 1.29 is 4.90 Å². The number of hydrogen-bond acceptors (Lipinski definition) is 4. The first-order valence-corrected chi connectivity index (χ1v) is 10.2. The van der Waals surface area contributed by atoms with Crippen molar-refractivity contribution >= 4 is 17.3 Å². The molecule has 1 aromatic heterocycles. The predicted octanol–water partition coefficient (Wildman–Crippen LogP) is 2.40. The van der Waals surface area contributed by atoms with Gasteiger partial charge >= 0.3 is 0 Å².